The van der Waals surface area contributed by atoms with Crippen molar-refractivity contribution in [2.45, 2.75) is 45.6 Å². The van der Waals surface area contributed by atoms with Crippen molar-refractivity contribution in [2.75, 3.05) is 0 Å². The van der Waals surface area contributed by atoms with Crippen LogP contribution in [0.1, 0.15) is 50.4 Å². The first-order chi connectivity index (χ1) is 9.50. The van der Waals surface area contributed by atoms with Gasteiger partial charge in [-0.15, -0.1) is 0 Å². The Hall–Kier alpha value is -1.83. The minimum atomic E-state index is -0.628. The molecule has 0 heterocycles. The first-order valence-corrected chi connectivity index (χ1v) is 7.08. The Morgan fingerprint density at radius 1 is 1.35 bits per heavy atom. The normalized spacial score (nSPS) is 14.4. The Morgan fingerprint density at radius 3 is 2.55 bits per heavy atom. The molecule has 1 aromatic carbocycles. The van der Waals surface area contributed by atoms with Gasteiger partial charge in [-0.2, -0.15) is 0 Å². The summed E-state index contributed by atoms with van der Waals surface area (Å²) in [6, 6.07) is 9.05. The van der Waals surface area contributed by atoms with E-state index >= 15 is 0 Å². The second-order valence-electron chi connectivity index (χ2n) is 5.22. The molecule has 0 amide bonds. The Balaban J connectivity index is 2.65. The van der Waals surface area contributed by atoms with E-state index in [1.54, 1.807) is 18.2 Å². The van der Waals surface area contributed by atoms with Gasteiger partial charge < -0.3 is 4.74 Å². The summed E-state index contributed by atoms with van der Waals surface area (Å²) in [5.41, 5.74) is 1.30. The molecule has 1 aromatic rings. The molecular weight excluding hydrogens is 248 g/mol. The minimum Gasteiger partial charge on any atom is -0.452 e. The maximum absolute atomic E-state index is 12.1. The molecule has 0 bridgehead atoms. The van der Waals surface area contributed by atoms with E-state index in [-0.39, 0.29) is 5.97 Å². The van der Waals surface area contributed by atoms with Crippen molar-refractivity contribution in [1.82, 2.24) is 0 Å². The number of carbonyl (C=O) groups excluding carboxylic acids is 1. The highest BCUT2D eigenvalue weighted by Crippen LogP contribution is 2.22. The SMILES string of the molecule is C=CC(C)(CC/C=C(/C)CC)OC(=O)c1ccccc1. The molecule has 0 aromatic heterocycles. The van der Waals surface area contributed by atoms with Gasteiger partial charge in [0.25, 0.3) is 0 Å². The third kappa shape index (κ3) is 5.04. The molecule has 0 aliphatic heterocycles. The molecule has 2 heteroatoms. The molecule has 0 saturated heterocycles. The molecule has 0 spiro atoms. The van der Waals surface area contributed by atoms with Crippen molar-refractivity contribution in [3.8, 4) is 0 Å². The molecule has 0 radical (unpaired) electrons. The van der Waals surface area contributed by atoms with Crippen molar-refractivity contribution in [2.24, 2.45) is 0 Å². The predicted octanol–water partition coefficient (Wildman–Crippen LogP) is 4.92. The second kappa shape index (κ2) is 7.68. The summed E-state index contributed by atoms with van der Waals surface area (Å²) in [5, 5.41) is 0. The average molecular weight is 272 g/mol. The monoisotopic (exact) mass is 272 g/mol. The molecule has 0 aliphatic rings. The van der Waals surface area contributed by atoms with Crippen LogP contribution >= 0.6 is 0 Å². The van der Waals surface area contributed by atoms with Gasteiger partial charge in [-0.1, -0.05) is 43.4 Å². The summed E-state index contributed by atoms with van der Waals surface area (Å²) in [6.07, 6.45) is 6.58. The van der Waals surface area contributed by atoms with Crippen LogP contribution in [0.15, 0.2) is 54.6 Å². The van der Waals surface area contributed by atoms with Gasteiger partial charge in [0.1, 0.15) is 5.60 Å². The van der Waals surface area contributed by atoms with Crippen molar-refractivity contribution >= 4 is 5.97 Å². The molecule has 20 heavy (non-hydrogen) atoms. The fourth-order valence-electron chi connectivity index (χ4n) is 1.79. The van der Waals surface area contributed by atoms with Crippen LogP contribution in [0.4, 0.5) is 0 Å². The maximum atomic E-state index is 12.1. The molecule has 1 atom stereocenters. The average Bonchev–Trinajstić information content (AvgIpc) is 2.47. The highest BCUT2D eigenvalue weighted by atomic mass is 16.6. The standard InChI is InChI=1S/C18H24O2/c1-5-15(3)11-10-14-18(4,6-2)20-17(19)16-12-8-7-9-13-16/h6-9,11-13H,2,5,10,14H2,1,3-4H3/b15-11-. The number of allylic oxidation sites excluding steroid dienone is 2. The van der Waals surface area contributed by atoms with Gasteiger partial charge in [0.15, 0.2) is 0 Å². The van der Waals surface area contributed by atoms with E-state index in [9.17, 15) is 4.79 Å². The first-order valence-electron chi connectivity index (χ1n) is 7.08. The number of carbonyl (C=O) groups is 1. The largest absolute Gasteiger partial charge is 0.452 e. The lowest BCUT2D eigenvalue weighted by molar-refractivity contribution is 0.00835. The Kier molecular flexibility index (Phi) is 6.23. The fraction of sp³-hybridized carbons (Fsp3) is 0.389. The molecule has 0 N–H and O–H groups in total. The van der Waals surface area contributed by atoms with Crippen molar-refractivity contribution in [1.29, 1.82) is 0 Å². The van der Waals surface area contributed by atoms with Crippen molar-refractivity contribution in [3.05, 3.63) is 60.2 Å². The fourth-order valence-corrected chi connectivity index (χ4v) is 1.79. The number of hydrogen-bond acceptors (Lipinski definition) is 2. The van der Waals surface area contributed by atoms with E-state index in [0.717, 1.165) is 19.3 Å². The summed E-state index contributed by atoms with van der Waals surface area (Å²) >= 11 is 0. The predicted molar refractivity (Wildman–Crippen MR) is 83.7 cm³/mol. The van der Waals surface area contributed by atoms with Crippen LogP contribution < -0.4 is 0 Å². The summed E-state index contributed by atoms with van der Waals surface area (Å²) in [7, 11) is 0. The molecule has 0 aliphatic carbocycles. The number of ether oxygens (including phenoxy) is 1. The van der Waals surface area contributed by atoms with Crippen molar-refractivity contribution in [3.63, 3.8) is 0 Å². The first kappa shape index (κ1) is 16.2. The van der Waals surface area contributed by atoms with Crippen LogP contribution in [0.2, 0.25) is 0 Å². The van der Waals surface area contributed by atoms with Crippen molar-refractivity contribution < 1.29 is 9.53 Å². The Labute approximate surface area is 122 Å². The number of hydrogen-bond donors (Lipinski definition) is 0. The van der Waals surface area contributed by atoms with Crippen LogP contribution in [0.3, 0.4) is 0 Å². The maximum Gasteiger partial charge on any atom is 0.338 e. The molecule has 0 fully saturated rings. The molecule has 0 saturated carbocycles. The van der Waals surface area contributed by atoms with E-state index < -0.39 is 5.60 Å². The molecule has 1 unspecified atom stereocenters. The lowest BCUT2D eigenvalue weighted by atomic mass is 9.98. The van der Waals surface area contributed by atoms with Gasteiger partial charge in [-0.3, -0.25) is 0 Å². The molecule has 108 valence electrons. The topological polar surface area (TPSA) is 26.3 Å². The second-order valence-corrected chi connectivity index (χ2v) is 5.22. The third-order valence-electron chi connectivity index (χ3n) is 3.46. The van der Waals surface area contributed by atoms with Crippen LogP contribution in [0.25, 0.3) is 0 Å². The number of rotatable bonds is 7. The number of esters is 1. The summed E-state index contributed by atoms with van der Waals surface area (Å²) < 4.78 is 5.60. The quantitative estimate of drug-likeness (QED) is 0.520. The Bertz CT molecular complexity index is 473. The van der Waals surface area contributed by atoms with Gasteiger partial charge in [0.2, 0.25) is 0 Å². The highest BCUT2D eigenvalue weighted by molar-refractivity contribution is 5.89. The van der Waals surface area contributed by atoms with Crippen LogP contribution in [-0.2, 0) is 4.74 Å². The van der Waals surface area contributed by atoms with Gasteiger partial charge in [-0.05, 0) is 51.3 Å². The summed E-state index contributed by atoms with van der Waals surface area (Å²) in [5.74, 6) is -0.302. The van der Waals surface area contributed by atoms with Gasteiger partial charge >= 0.3 is 5.97 Å². The summed E-state index contributed by atoms with van der Waals surface area (Å²) in [6.45, 7) is 9.94. The van der Waals surface area contributed by atoms with E-state index in [0.29, 0.717) is 5.56 Å². The van der Waals surface area contributed by atoms with E-state index in [1.807, 2.05) is 25.1 Å². The van der Waals surface area contributed by atoms with E-state index in [1.165, 1.54) is 5.57 Å². The van der Waals surface area contributed by atoms with E-state index in [4.69, 9.17) is 4.74 Å². The minimum absolute atomic E-state index is 0.302. The zero-order valence-electron chi connectivity index (χ0n) is 12.7. The Morgan fingerprint density at radius 2 is 2.00 bits per heavy atom. The lowest BCUT2D eigenvalue weighted by Crippen LogP contribution is -2.29. The highest BCUT2D eigenvalue weighted by Gasteiger charge is 2.24. The van der Waals surface area contributed by atoms with Gasteiger partial charge in [-0.25, -0.2) is 4.79 Å². The van der Waals surface area contributed by atoms with E-state index in [2.05, 4.69) is 26.5 Å². The van der Waals surface area contributed by atoms with Crippen LogP contribution in [-0.4, -0.2) is 11.6 Å². The third-order valence-corrected chi connectivity index (χ3v) is 3.46. The smallest absolute Gasteiger partial charge is 0.338 e. The van der Waals surface area contributed by atoms with Crippen LogP contribution in [0.5, 0.6) is 0 Å². The zero-order chi connectivity index (χ0) is 15.0. The zero-order valence-corrected chi connectivity index (χ0v) is 12.7. The van der Waals surface area contributed by atoms with Gasteiger partial charge in [0, 0.05) is 0 Å². The molecular formula is C18H24O2. The van der Waals surface area contributed by atoms with Gasteiger partial charge in [0.05, 0.1) is 5.56 Å². The number of benzene rings is 1. The lowest BCUT2D eigenvalue weighted by Gasteiger charge is -2.25. The molecule has 1 rings (SSSR count). The van der Waals surface area contributed by atoms with Crippen LogP contribution in [0, 0.1) is 0 Å². The molecule has 2 nitrogen and oxygen atoms in total. The summed E-state index contributed by atoms with van der Waals surface area (Å²) in [4.78, 5) is 12.1.